The third-order valence-corrected chi connectivity index (χ3v) is 2.18. The molecular formula is C9H17N5. The number of unbranched alkanes of at least 4 members (excludes halogenated alkanes) is 1. The van der Waals surface area contributed by atoms with Crippen molar-refractivity contribution in [2.75, 3.05) is 5.73 Å². The monoisotopic (exact) mass is 195 g/mol. The Morgan fingerprint density at radius 1 is 1.71 bits per heavy atom. The Kier molecular flexibility index (Phi) is 4.15. The summed E-state index contributed by atoms with van der Waals surface area (Å²) >= 11 is 0. The van der Waals surface area contributed by atoms with Crippen molar-refractivity contribution in [1.82, 2.24) is 15.6 Å². The lowest BCUT2D eigenvalue weighted by Gasteiger charge is -2.14. The molecule has 78 valence electrons. The molecule has 6 N–H and O–H groups in total. The minimum absolute atomic E-state index is 0.0636. The molecule has 0 amide bonds. The first-order valence-electron chi connectivity index (χ1n) is 4.65. The van der Waals surface area contributed by atoms with Crippen molar-refractivity contribution < 1.29 is 0 Å². The zero-order valence-electron chi connectivity index (χ0n) is 8.16. The third kappa shape index (κ3) is 2.58. The van der Waals surface area contributed by atoms with E-state index in [4.69, 9.17) is 11.6 Å². The molecule has 0 aliphatic carbocycles. The summed E-state index contributed by atoms with van der Waals surface area (Å²) < 4.78 is 0. The number of nitrogens with one attached hydrogen (secondary N) is 2. The van der Waals surface area contributed by atoms with Crippen molar-refractivity contribution in [1.29, 1.82) is 0 Å². The van der Waals surface area contributed by atoms with Crippen LogP contribution < -0.4 is 17.0 Å². The van der Waals surface area contributed by atoms with Crippen LogP contribution in [-0.4, -0.2) is 10.2 Å². The average molecular weight is 195 g/mol. The molecular weight excluding hydrogens is 178 g/mol. The van der Waals surface area contributed by atoms with Crippen LogP contribution in [0.3, 0.4) is 0 Å². The third-order valence-electron chi connectivity index (χ3n) is 2.18. The van der Waals surface area contributed by atoms with E-state index in [1.165, 1.54) is 0 Å². The van der Waals surface area contributed by atoms with Crippen LogP contribution in [0.1, 0.15) is 30.9 Å². The first-order chi connectivity index (χ1) is 6.79. The number of hydrogen-bond donors (Lipinski definition) is 4. The maximum atomic E-state index is 5.69. The normalized spacial score (nSPS) is 12.6. The van der Waals surface area contributed by atoms with Crippen LogP contribution in [0.25, 0.3) is 0 Å². The van der Waals surface area contributed by atoms with Gasteiger partial charge in [-0.05, 0) is 19.3 Å². The fourth-order valence-electron chi connectivity index (χ4n) is 1.38. The summed E-state index contributed by atoms with van der Waals surface area (Å²) in [7, 11) is 0. The van der Waals surface area contributed by atoms with Crippen LogP contribution >= 0.6 is 0 Å². The highest BCUT2D eigenvalue weighted by molar-refractivity contribution is 5.39. The highest BCUT2D eigenvalue weighted by atomic mass is 15.2. The molecule has 1 unspecified atom stereocenters. The maximum Gasteiger partial charge on any atom is 0.123 e. The first-order valence-corrected chi connectivity index (χ1v) is 4.65. The van der Waals surface area contributed by atoms with Gasteiger partial charge < -0.3 is 5.73 Å². The molecule has 1 heterocycles. The zero-order chi connectivity index (χ0) is 10.4. The van der Waals surface area contributed by atoms with Gasteiger partial charge in [-0.25, -0.2) is 0 Å². The molecule has 0 aromatic carbocycles. The van der Waals surface area contributed by atoms with Gasteiger partial charge in [0.1, 0.15) is 5.82 Å². The number of nitrogens with two attached hydrogens (primary N) is 2. The molecule has 0 aliphatic heterocycles. The van der Waals surface area contributed by atoms with E-state index >= 15 is 0 Å². The van der Waals surface area contributed by atoms with Gasteiger partial charge >= 0.3 is 0 Å². The van der Waals surface area contributed by atoms with Crippen molar-refractivity contribution in [3.63, 3.8) is 0 Å². The lowest BCUT2D eigenvalue weighted by molar-refractivity contribution is 0.502. The molecule has 0 saturated heterocycles. The average Bonchev–Trinajstić information content (AvgIpc) is 2.60. The number of hydrazine groups is 1. The Morgan fingerprint density at radius 3 is 3.00 bits per heavy atom. The molecule has 1 rings (SSSR count). The number of aromatic nitrogens is 2. The molecule has 0 aliphatic rings. The van der Waals surface area contributed by atoms with Crippen molar-refractivity contribution >= 4 is 5.82 Å². The number of hydrogen-bond acceptors (Lipinski definition) is 4. The largest absolute Gasteiger partial charge is 0.384 e. The van der Waals surface area contributed by atoms with Gasteiger partial charge in [-0.1, -0.05) is 6.08 Å². The summed E-state index contributed by atoms with van der Waals surface area (Å²) in [5.74, 6) is 6.02. The number of allylic oxidation sites excluding steroid dienone is 1. The number of H-pyrrole nitrogens is 1. The van der Waals surface area contributed by atoms with Gasteiger partial charge in [0.25, 0.3) is 0 Å². The van der Waals surface area contributed by atoms with E-state index in [1.54, 1.807) is 6.20 Å². The lowest BCUT2D eigenvalue weighted by Crippen LogP contribution is -2.28. The SMILES string of the molecule is C=CCCCC(NN)c1cn[nH]c1N. The number of rotatable bonds is 6. The fraction of sp³-hybridized carbons (Fsp3) is 0.444. The second-order valence-corrected chi connectivity index (χ2v) is 3.18. The molecule has 14 heavy (non-hydrogen) atoms. The molecule has 0 radical (unpaired) electrons. The molecule has 0 saturated carbocycles. The quantitative estimate of drug-likeness (QED) is 0.234. The number of anilines is 1. The summed E-state index contributed by atoms with van der Waals surface area (Å²) in [6.45, 7) is 3.67. The van der Waals surface area contributed by atoms with E-state index in [0.717, 1.165) is 24.8 Å². The van der Waals surface area contributed by atoms with Gasteiger partial charge in [0.2, 0.25) is 0 Å². The smallest absolute Gasteiger partial charge is 0.123 e. The van der Waals surface area contributed by atoms with Gasteiger partial charge in [0, 0.05) is 5.56 Å². The highest BCUT2D eigenvalue weighted by Crippen LogP contribution is 2.21. The summed E-state index contributed by atoms with van der Waals surface area (Å²) in [4.78, 5) is 0. The van der Waals surface area contributed by atoms with Gasteiger partial charge in [0.05, 0.1) is 12.2 Å². The molecule has 1 atom stereocenters. The van der Waals surface area contributed by atoms with E-state index in [-0.39, 0.29) is 6.04 Å². The predicted octanol–water partition coefficient (Wildman–Crippen LogP) is 0.853. The fourth-order valence-corrected chi connectivity index (χ4v) is 1.38. The van der Waals surface area contributed by atoms with Crippen molar-refractivity contribution in [2.24, 2.45) is 5.84 Å². The number of aromatic amines is 1. The molecule has 5 nitrogen and oxygen atoms in total. The molecule has 0 spiro atoms. The second kappa shape index (κ2) is 5.41. The van der Waals surface area contributed by atoms with Crippen molar-refractivity contribution in [2.45, 2.75) is 25.3 Å². The van der Waals surface area contributed by atoms with Crippen molar-refractivity contribution in [3.8, 4) is 0 Å². The molecule has 1 aromatic rings. The zero-order valence-corrected chi connectivity index (χ0v) is 8.16. The predicted molar refractivity (Wildman–Crippen MR) is 57.1 cm³/mol. The lowest BCUT2D eigenvalue weighted by atomic mass is 10.0. The van der Waals surface area contributed by atoms with Crippen LogP contribution in [0.5, 0.6) is 0 Å². The van der Waals surface area contributed by atoms with Gasteiger partial charge in [-0.3, -0.25) is 16.4 Å². The Hall–Kier alpha value is -1.33. The van der Waals surface area contributed by atoms with Crippen LogP contribution in [0, 0.1) is 0 Å². The van der Waals surface area contributed by atoms with Gasteiger partial charge in [-0.15, -0.1) is 6.58 Å². The summed E-state index contributed by atoms with van der Waals surface area (Å²) in [5, 5.41) is 6.54. The summed E-state index contributed by atoms with van der Waals surface area (Å²) in [5.41, 5.74) is 9.34. The minimum atomic E-state index is 0.0636. The van der Waals surface area contributed by atoms with Crippen LogP contribution in [0.2, 0.25) is 0 Å². The molecule has 1 aromatic heterocycles. The summed E-state index contributed by atoms with van der Waals surface area (Å²) in [6, 6.07) is 0.0636. The minimum Gasteiger partial charge on any atom is -0.384 e. The Morgan fingerprint density at radius 2 is 2.50 bits per heavy atom. The Balaban J connectivity index is 2.54. The van der Waals surface area contributed by atoms with E-state index in [1.807, 2.05) is 6.08 Å². The van der Waals surface area contributed by atoms with Gasteiger partial charge in [-0.2, -0.15) is 5.10 Å². The van der Waals surface area contributed by atoms with Crippen molar-refractivity contribution in [3.05, 3.63) is 24.4 Å². The second-order valence-electron chi connectivity index (χ2n) is 3.18. The van der Waals surface area contributed by atoms with E-state index in [0.29, 0.717) is 5.82 Å². The van der Waals surface area contributed by atoms with Crippen LogP contribution in [-0.2, 0) is 0 Å². The van der Waals surface area contributed by atoms with Crippen LogP contribution in [0.4, 0.5) is 5.82 Å². The van der Waals surface area contributed by atoms with Gasteiger partial charge in [0.15, 0.2) is 0 Å². The van der Waals surface area contributed by atoms with Crippen LogP contribution in [0.15, 0.2) is 18.9 Å². The Bertz CT molecular complexity index is 280. The highest BCUT2D eigenvalue weighted by Gasteiger charge is 2.13. The molecule has 5 heteroatoms. The number of nitrogen functional groups attached to an aromatic ring is 1. The molecule has 0 fully saturated rings. The maximum absolute atomic E-state index is 5.69. The topological polar surface area (TPSA) is 92.7 Å². The first kappa shape index (κ1) is 10.7. The Labute approximate surface area is 83.5 Å². The standard InChI is InChI=1S/C9H17N5/c1-2-3-4-5-8(13-11)7-6-12-14-9(7)10/h2,6,8,13H,1,3-5,11H2,(H3,10,12,14). The summed E-state index contributed by atoms with van der Waals surface area (Å²) in [6.07, 6.45) is 6.53. The van der Waals surface area contributed by atoms with E-state index < -0.39 is 0 Å². The molecule has 0 bridgehead atoms. The van der Waals surface area contributed by atoms with E-state index in [9.17, 15) is 0 Å². The van der Waals surface area contributed by atoms with E-state index in [2.05, 4.69) is 22.2 Å². The number of nitrogens with zero attached hydrogens (tertiary/aromatic N) is 1.